The topological polar surface area (TPSA) is 17.8 Å². The molecule has 0 spiro atoms. The molecular weight excluding hydrogens is 184 g/mol. The van der Waals surface area contributed by atoms with E-state index < -0.39 is 0 Å². The lowest BCUT2D eigenvalue weighted by Crippen LogP contribution is -2.01. The third-order valence-electron chi connectivity index (χ3n) is 2.37. The molecule has 1 aromatic carbocycles. The lowest BCUT2D eigenvalue weighted by atomic mass is 10.2. The van der Waals surface area contributed by atoms with Gasteiger partial charge in [-0.2, -0.15) is 5.10 Å². The van der Waals surface area contributed by atoms with Crippen LogP contribution in [-0.4, -0.2) is 9.78 Å². The highest BCUT2D eigenvalue weighted by Crippen LogP contribution is 2.16. The summed E-state index contributed by atoms with van der Waals surface area (Å²) in [5, 5.41) is 4.40. The Hall–Kier alpha value is -1.83. The van der Waals surface area contributed by atoms with Gasteiger partial charge in [-0.25, -0.2) is 4.68 Å². The molecule has 15 heavy (non-hydrogen) atoms. The third kappa shape index (κ3) is 1.84. The number of rotatable bonds is 2. The Morgan fingerprint density at radius 3 is 2.40 bits per heavy atom. The number of aryl methyl sites for hydroxylation is 2. The number of nitrogens with zero attached hydrogens (tertiary/aromatic N) is 2. The average Bonchev–Trinajstić information content (AvgIpc) is 2.58. The van der Waals surface area contributed by atoms with Gasteiger partial charge in [0.25, 0.3) is 0 Å². The Morgan fingerprint density at radius 1 is 1.20 bits per heavy atom. The zero-order valence-corrected chi connectivity index (χ0v) is 9.07. The Bertz CT molecular complexity index is 480. The molecule has 0 unspecified atom stereocenters. The highest BCUT2D eigenvalue weighted by atomic mass is 15.3. The first-order chi connectivity index (χ1) is 7.18. The standard InChI is InChI=1S/C13H14N2/c1-10-9-11(2)15(14-10)12(3)13-7-5-4-6-8-13/h4-9H,3H2,1-2H3. The summed E-state index contributed by atoms with van der Waals surface area (Å²) in [5.41, 5.74) is 4.15. The van der Waals surface area contributed by atoms with Crippen molar-refractivity contribution in [3.8, 4) is 0 Å². The summed E-state index contributed by atoms with van der Waals surface area (Å²) < 4.78 is 1.88. The Morgan fingerprint density at radius 2 is 1.87 bits per heavy atom. The number of aromatic nitrogens is 2. The van der Waals surface area contributed by atoms with Crippen LogP contribution in [0.15, 0.2) is 43.0 Å². The minimum Gasteiger partial charge on any atom is -0.238 e. The fourth-order valence-corrected chi connectivity index (χ4v) is 1.65. The second-order valence-electron chi connectivity index (χ2n) is 3.65. The van der Waals surface area contributed by atoms with Gasteiger partial charge < -0.3 is 0 Å². The SMILES string of the molecule is C=C(c1ccccc1)n1nc(C)cc1C. The van der Waals surface area contributed by atoms with Crippen molar-refractivity contribution >= 4 is 5.70 Å². The van der Waals surface area contributed by atoms with E-state index in [1.165, 1.54) is 0 Å². The molecule has 0 atom stereocenters. The van der Waals surface area contributed by atoms with Crippen molar-refractivity contribution in [3.05, 3.63) is 59.9 Å². The Labute approximate surface area is 89.9 Å². The average molecular weight is 198 g/mol. The summed E-state index contributed by atoms with van der Waals surface area (Å²) in [5.74, 6) is 0. The molecule has 0 aliphatic rings. The van der Waals surface area contributed by atoms with Crippen molar-refractivity contribution in [2.45, 2.75) is 13.8 Å². The molecule has 76 valence electrons. The molecule has 2 aromatic rings. The molecule has 1 heterocycles. The van der Waals surface area contributed by atoms with Gasteiger partial charge in [-0.15, -0.1) is 0 Å². The van der Waals surface area contributed by atoms with Gasteiger partial charge in [-0.3, -0.25) is 0 Å². The van der Waals surface area contributed by atoms with Gasteiger partial charge in [-0.05, 0) is 25.5 Å². The number of hydrogen-bond acceptors (Lipinski definition) is 1. The first-order valence-corrected chi connectivity index (χ1v) is 4.96. The van der Waals surface area contributed by atoms with Crippen molar-refractivity contribution in [2.75, 3.05) is 0 Å². The number of benzene rings is 1. The second-order valence-corrected chi connectivity index (χ2v) is 3.65. The van der Waals surface area contributed by atoms with Crippen LogP contribution in [0.1, 0.15) is 17.0 Å². The predicted octanol–water partition coefficient (Wildman–Crippen LogP) is 3.02. The van der Waals surface area contributed by atoms with E-state index in [1.807, 2.05) is 54.9 Å². The van der Waals surface area contributed by atoms with Crippen molar-refractivity contribution in [1.29, 1.82) is 0 Å². The van der Waals surface area contributed by atoms with Gasteiger partial charge >= 0.3 is 0 Å². The fourth-order valence-electron chi connectivity index (χ4n) is 1.65. The quantitative estimate of drug-likeness (QED) is 0.725. The summed E-state index contributed by atoms with van der Waals surface area (Å²) in [6.45, 7) is 8.09. The lowest BCUT2D eigenvalue weighted by molar-refractivity contribution is 0.857. The largest absolute Gasteiger partial charge is 0.238 e. The molecule has 0 saturated carbocycles. The van der Waals surface area contributed by atoms with Gasteiger partial charge in [0, 0.05) is 5.69 Å². The summed E-state index contributed by atoms with van der Waals surface area (Å²) in [7, 11) is 0. The van der Waals surface area contributed by atoms with E-state index in [0.717, 1.165) is 22.6 Å². The maximum absolute atomic E-state index is 4.40. The molecule has 0 bridgehead atoms. The van der Waals surface area contributed by atoms with E-state index in [2.05, 4.69) is 11.7 Å². The Kier molecular flexibility index (Phi) is 2.42. The van der Waals surface area contributed by atoms with Crippen molar-refractivity contribution in [2.24, 2.45) is 0 Å². The lowest BCUT2D eigenvalue weighted by Gasteiger charge is -2.07. The second kappa shape index (κ2) is 3.73. The molecule has 0 amide bonds. The van der Waals surface area contributed by atoms with Crippen molar-refractivity contribution in [1.82, 2.24) is 9.78 Å². The molecule has 0 aliphatic carbocycles. The summed E-state index contributed by atoms with van der Waals surface area (Å²) in [4.78, 5) is 0. The van der Waals surface area contributed by atoms with Crippen LogP contribution >= 0.6 is 0 Å². The van der Waals surface area contributed by atoms with Crippen LogP contribution < -0.4 is 0 Å². The smallest absolute Gasteiger partial charge is 0.0649 e. The predicted molar refractivity (Wildman–Crippen MR) is 62.6 cm³/mol. The van der Waals surface area contributed by atoms with Gasteiger partial charge in [0.05, 0.1) is 11.4 Å². The van der Waals surface area contributed by atoms with Crippen molar-refractivity contribution < 1.29 is 0 Å². The van der Waals surface area contributed by atoms with Crippen LogP contribution in [0.3, 0.4) is 0 Å². The number of hydrogen-bond donors (Lipinski definition) is 0. The van der Waals surface area contributed by atoms with Crippen molar-refractivity contribution in [3.63, 3.8) is 0 Å². The highest BCUT2D eigenvalue weighted by Gasteiger charge is 2.05. The minimum atomic E-state index is 0.918. The first-order valence-electron chi connectivity index (χ1n) is 4.96. The van der Waals surface area contributed by atoms with Gasteiger partial charge in [0.2, 0.25) is 0 Å². The summed E-state index contributed by atoms with van der Waals surface area (Å²) in [6, 6.07) is 12.1. The molecular formula is C13H14N2. The van der Waals surface area contributed by atoms with Crippen LogP contribution in [0.5, 0.6) is 0 Å². The third-order valence-corrected chi connectivity index (χ3v) is 2.37. The minimum absolute atomic E-state index is 0.918. The summed E-state index contributed by atoms with van der Waals surface area (Å²) >= 11 is 0. The highest BCUT2D eigenvalue weighted by molar-refractivity contribution is 5.63. The zero-order valence-electron chi connectivity index (χ0n) is 9.07. The van der Waals surface area contributed by atoms with Crippen LogP contribution in [0.2, 0.25) is 0 Å². The van der Waals surface area contributed by atoms with Crippen LogP contribution in [-0.2, 0) is 0 Å². The Balaban J connectivity index is 2.41. The molecule has 1 aromatic heterocycles. The van der Waals surface area contributed by atoms with Crippen LogP contribution in [0, 0.1) is 13.8 Å². The van der Waals surface area contributed by atoms with E-state index >= 15 is 0 Å². The summed E-state index contributed by atoms with van der Waals surface area (Å²) in [6.07, 6.45) is 0. The van der Waals surface area contributed by atoms with E-state index in [1.54, 1.807) is 0 Å². The van der Waals surface area contributed by atoms with Gasteiger partial charge in [-0.1, -0.05) is 36.9 Å². The molecule has 0 saturated heterocycles. The normalized spacial score (nSPS) is 10.3. The fraction of sp³-hybridized carbons (Fsp3) is 0.154. The maximum Gasteiger partial charge on any atom is 0.0649 e. The van der Waals surface area contributed by atoms with Gasteiger partial charge in [0.1, 0.15) is 0 Å². The van der Waals surface area contributed by atoms with E-state index in [9.17, 15) is 0 Å². The van der Waals surface area contributed by atoms with Crippen LogP contribution in [0.4, 0.5) is 0 Å². The molecule has 2 nitrogen and oxygen atoms in total. The molecule has 0 fully saturated rings. The molecule has 2 heteroatoms. The molecule has 2 rings (SSSR count). The molecule has 0 aliphatic heterocycles. The molecule has 0 N–H and O–H groups in total. The van der Waals surface area contributed by atoms with E-state index in [0.29, 0.717) is 0 Å². The maximum atomic E-state index is 4.40. The first kappa shape index (κ1) is 9.71. The monoisotopic (exact) mass is 198 g/mol. The van der Waals surface area contributed by atoms with E-state index in [4.69, 9.17) is 0 Å². The van der Waals surface area contributed by atoms with Gasteiger partial charge in [0.15, 0.2) is 0 Å². The zero-order chi connectivity index (χ0) is 10.8. The van der Waals surface area contributed by atoms with E-state index in [-0.39, 0.29) is 0 Å². The van der Waals surface area contributed by atoms with Crippen LogP contribution in [0.25, 0.3) is 5.70 Å². The molecule has 0 radical (unpaired) electrons.